The van der Waals surface area contributed by atoms with E-state index in [1.54, 1.807) is 20.8 Å². The summed E-state index contributed by atoms with van der Waals surface area (Å²) in [5, 5.41) is 15.4. The molecule has 4 atom stereocenters. The molecule has 4 bridgehead atoms. The van der Waals surface area contributed by atoms with Gasteiger partial charge in [-0.1, -0.05) is 27.7 Å². The van der Waals surface area contributed by atoms with E-state index in [1.165, 1.54) is 12.1 Å². The molecular weight excluding hydrogens is 897 g/mol. The second kappa shape index (κ2) is 23.6. The Morgan fingerprint density at radius 1 is 0.731 bits per heavy atom. The highest BCUT2D eigenvalue weighted by molar-refractivity contribution is 7.91. The van der Waals surface area contributed by atoms with Crippen LogP contribution < -0.4 is 35.6 Å². The summed E-state index contributed by atoms with van der Waals surface area (Å²) in [6, 6.07) is 16.6. The molecule has 2 aromatic rings. The van der Waals surface area contributed by atoms with Crippen molar-refractivity contribution in [3.05, 3.63) is 48.5 Å². The number of rotatable bonds is 20. The Labute approximate surface area is 400 Å². The first kappa shape index (κ1) is 54.1. The number of fused-ring (bicyclic) bond motifs is 8. The molecule has 8 rings (SSSR count). The van der Waals surface area contributed by atoms with Crippen molar-refractivity contribution in [3.8, 4) is 11.5 Å². The first-order valence-electron chi connectivity index (χ1n) is 24.2. The van der Waals surface area contributed by atoms with Crippen LogP contribution in [0.15, 0.2) is 48.5 Å². The third-order valence-electron chi connectivity index (χ3n) is 13.2. The van der Waals surface area contributed by atoms with E-state index in [0.717, 1.165) is 44.0 Å². The van der Waals surface area contributed by atoms with E-state index in [-0.39, 0.29) is 84.4 Å². The summed E-state index contributed by atoms with van der Waals surface area (Å²) >= 11 is 0. The molecule has 0 radical (unpaired) electrons. The number of ether oxygens (including phenoxy) is 3. The van der Waals surface area contributed by atoms with Gasteiger partial charge in [-0.15, -0.1) is 0 Å². The number of carbonyl (C=O) groups is 2. The zero-order valence-corrected chi connectivity index (χ0v) is 42.8. The van der Waals surface area contributed by atoms with E-state index >= 15 is 0 Å². The average Bonchev–Trinajstić information content (AvgIpc) is 3.69. The summed E-state index contributed by atoms with van der Waals surface area (Å²) in [6.07, 6.45) is 3.57. The number of benzene rings is 2. The van der Waals surface area contributed by atoms with E-state index in [2.05, 4.69) is 60.3 Å². The SMILES string of the molecule is CC(C)(C)OC(=O)CCCS(=O)(=O)CCCOc1ccc(N2C[C@H]3CNC[C@@H]2C(C)(C)C3)cc1.CC1(C)C[C@@H]2CN(C(=O)NCCO)C[C@H]1N(c1ccc(OCCCS(=O)(=O)CCN)cc1)C2. The third kappa shape index (κ3) is 16.7. The number of nitrogens with one attached hydrogen (secondary N) is 2. The molecule has 0 aliphatic carbocycles. The summed E-state index contributed by atoms with van der Waals surface area (Å²) in [5.74, 6) is 2.26. The maximum Gasteiger partial charge on any atom is 0.317 e. The summed E-state index contributed by atoms with van der Waals surface area (Å²) in [4.78, 5) is 31.1. The highest BCUT2D eigenvalue weighted by Crippen LogP contribution is 2.44. The topological polar surface area (TPSA) is 210 Å². The second-order valence-corrected chi connectivity index (χ2v) is 25.8. The van der Waals surface area contributed by atoms with Crippen LogP contribution in [0.2, 0.25) is 0 Å². The normalized spacial score (nSPS) is 22.3. The van der Waals surface area contributed by atoms with Crippen molar-refractivity contribution in [3.63, 3.8) is 0 Å². The smallest absolute Gasteiger partial charge is 0.317 e. The lowest BCUT2D eigenvalue weighted by molar-refractivity contribution is -0.154. The minimum absolute atomic E-state index is 0.00978. The van der Waals surface area contributed by atoms with Gasteiger partial charge in [-0.3, -0.25) is 4.79 Å². The molecule has 0 unspecified atom stereocenters. The number of nitrogens with two attached hydrogens (primary N) is 1. The van der Waals surface area contributed by atoms with E-state index in [4.69, 9.17) is 25.1 Å². The van der Waals surface area contributed by atoms with E-state index < -0.39 is 25.3 Å². The fourth-order valence-electron chi connectivity index (χ4n) is 10.2. The Morgan fingerprint density at radius 2 is 1.24 bits per heavy atom. The monoisotopic (exact) mass is 977 g/mol. The van der Waals surface area contributed by atoms with Gasteiger partial charge in [0.25, 0.3) is 0 Å². The first-order chi connectivity index (χ1) is 31.5. The molecule has 6 aliphatic rings. The summed E-state index contributed by atoms with van der Waals surface area (Å²) in [6.45, 7) is 21.1. The van der Waals surface area contributed by atoms with Crippen LogP contribution in [0.5, 0.6) is 11.5 Å². The van der Waals surface area contributed by atoms with Crippen molar-refractivity contribution in [2.45, 2.75) is 105 Å². The fraction of sp³-hybridized carbons (Fsp3) is 0.714. The molecule has 18 heteroatoms. The van der Waals surface area contributed by atoms with Crippen molar-refractivity contribution in [2.24, 2.45) is 28.4 Å². The lowest BCUT2D eigenvalue weighted by Crippen LogP contribution is -2.54. The van der Waals surface area contributed by atoms with Gasteiger partial charge < -0.3 is 50.4 Å². The van der Waals surface area contributed by atoms with Gasteiger partial charge in [-0.2, -0.15) is 0 Å². The van der Waals surface area contributed by atoms with Crippen LogP contribution in [-0.4, -0.2) is 152 Å². The van der Waals surface area contributed by atoms with Crippen molar-refractivity contribution >= 4 is 43.0 Å². The molecule has 2 amide bonds. The maximum absolute atomic E-state index is 12.6. The molecule has 2 aromatic carbocycles. The van der Waals surface area contributed by atoms with Gasteiger partial charge >= 0.3 is 12.0 Å². The summed E-state index contributed by atoms with van der Waals surface area (Å²) < 4.78 is 64.7. The highest BCUT2D eigenvalue weighted by atomic mass is 32.2. The molecule has 5 N–H and O–H groups in total. The minimum atomic E-state index is -3.22. The molecule has 6 saturated heterocycles. The molecule has 16 nitrogen and oxygen atoms in total. The lowest BCUT2D eigenvalue weighted by atomic mass is 9.73. The number of esters is 1. The van der Waals surface area contributed by atoms with Gasteiger partial charge in [0.2, 0.25) is 0 Å². The van der Waals surface area contributed by atoms with Gasteiger partial charge in [0, 0.05) is 69.7 Å². The van der Waals surface area contributed by atoms with E-state index in [9.17, 15) is 26.4 Å². The third-order valence-corrected chi connectivity index (χ3v) is 16.8. The van der Waals surface area contributed by atoms with Crippen LogP contribution in [0, 0.1) is 22.7 Å². The number of urea groups is 1. The van der Waals surface area contributed by atoms with Gasteiger partial charge in [0.05, 0.1) is 48.9 Å². The molecule has 0 saturated carbocycles. The number of hydrogen-bond donors (Lipinski definition) is 4. The molecule has 378 valence electrons. The number of sulfone groups is 2. The summed E-state index contributed by atoms with van der Waals surface area (Å²) in [5.41, 5.74) is 7.42. The minimum Gasteiger partial charge on any atom is -0.494 e. The molecule has 67 heavy (non-hydrogen) atoms. The molecule has 0 spiro atoms. The highest BCUT2D eigenvalue weighted by Gasteiger charge is 2.47. The van der Waals surface area contributed by atoms with Crippen molar-refractivity contribution in [1.82, 2.24) is 15.5 Å². The Kier molecular flexibility index (Phi) is 19.1. The maximum atomic E-state index is 12.6. The van der Waals surface area contributed by atoms with E-state index in [1.807, 2.05) is 41.3 Å². The van der Waals surface area contributed by atoms with Crippen LogP contribution >= 0.6 is 0 Å². The Hall–Kier alpha value is -3.84. The van der Waals surface area contributed by atoms with Gasteiger partial charge in [0.1, 0.15) is 26.9 Å². The van der Waals surface area contributed by atoms with Gasteiger partial charge in [-0.25, -0.2) is 21.6 Å². The Morgan fingerprint density at radius 3 is 1.79 bits per heavy atom. The average molecular weight is 977 g/mol. The zero-order chi connectivity index (χ0) is 49.0. The molecule has 0 aromatic heterocycles. The molecule has 6 heterocycles. The summed E-state index contributed by atoms with van der Waals surface area (Å²) in [7, 11) is -6.32. The number of hydrogen-bond acceptors (Lipinski definition) is 14. The molecular formula is C49H80N6O10S2. The van der Waals surface area contributed by atoms with Crippen molar-refractivity contribution < 1.29 is 45.7 Å². The lowest BCUT2D eigenvalue weighted by Gasteiger charge is -2.48. The van der Waals surface area contributed by atoms with Gasteiger partial charge in [-0.05, 0) is 131 Å². The van der Waals surface area contributed by atoms with E-state index in [0.29, 0.717) is 62.8 Å². The Bertz CT molecular complexity index is 2110. The number of aliphatic hydroxyl groups is 1. The van der Waals surface area contributed by atoms with Crippen LogP contribution in [0.3, 0.4) is 0 Å². The second-order valence-electron chi connectivity index (χ2n) is 21.1. The number of nitrogens with zero attached hydrogens (tertiary/aromatic N) is 3. The predicted molar refractivity (Wildman–Crippen MR) is 266 cm³/mol. The quantitative estimate of drug-likeness (QED) is 0.103. The first-order valence-corrected chi connectivity index (χ1v) is 27.8. The number of aliphatic hydroxyl groups excluding tert-OH is 1. The van der Waals surface area contributed by atoms with Crippen LogP contribution in [0.4, 0.5) is 16.2 Å². The van der Waals surface area contributed by atoms with Crippen molar-refractivity contribution in [2.75, 3.05) is 105 Å². The standard InChI is InChI=1S/C26H42N2O5S.C23H38N4O5S/c1-25(2,3)33-24(29)8-6-14-34(30,31)15-7-13-32-22-11-9-21(10-12-22)28-19-20-16-26(4,5)23(28)18-27-17-20;1-23(2)14-18-15-26(22(29)25-9-10-28)17-21(23)27(16-18)19-4-6-20(7-5-19)32-11-3-12-33(30,31)13-8-24/h9-12,20,23,27H,6-8,13-19H2,1-5H3;4-7,18,21,28H,3,8-17,24H2,1-2H3,(H,25,29)/t20-,23-;18-,21-/m11/s1. The number of piperidine rings is 2. The van der Waals surface area contributed by atoms with Crippen LogP contribution in [-0.2, 0) is 29.2 Å². The van der Waals surface area contributed by atoms with Crippen LogP contribution in [0.1, 0.15) is 87.0 Å². The number of amides is 2. The largest absolute Gasteiger partial charge is 0.494 e. The van der Waals surface area contributed by atoms with Crippen LogP contribution in [0.25, 0.3) is 0 Å². The number of anilines is 2. The number of carbonyl (C=O) groups excluding carboxylic acids is 2. The molecule has 6 fully saturated rings. The van der Waals surface area contributed by atoms with Crippen molar-refractivity contribution in [1.29, 1.82) is 0 Å². The Balaban J connectivity index is 0.000000251. The van der Waals surface area contributed by atoms with Gasteiger partial charge in [0.15, 0.2) is 9.84 Å². The molecule has 6 aliphatic heterocycles. The fourth-order valence-corrected chi connectivity index (χ4v) is 12.7. The zero-order valence-electron chi connectivity index (χ0n) is 41.1. The predicted octanol–water partition coefficient (Wildman–Crippen LogP) is 4.88.